The van der Waals surface area contributed by atoms with Gasteiger partial charge in [0.2, 0.25) is 0 Å². The summed E-state index contributed by atoms with van der Waals surface area (Å²) in [6.45, 7) is 7.12. The lowest BCUT2D eigenvalue weighted by Crippen LogP contribution is -2.37. The maximum atomic E-state index is 5.60. The topological polar surface area (TPSA) is 18.5 Å². The molecular weight excluding hydrogens is 156 g/mol. The SMILES string of the molecule is CCCC[Si](C)(OC)OCC. The van der Waals surface area contributed by atoms with Crippen LogP contribution in [0.2, 0.25) is 12.6 Å². The summed E-state index contributed by atoms with van der Waals surface area (Å²) in [5.41, 5.74) is 0. The van der Waals surface area contributed by atoms with Gasteiger partial charge < -0.3 is 8.85 Å². The Hall–Kier alpha value is 0.137. The summed E-state index contributed by atoms with van der Waals surface area (Å²) in [6, 6.07) is 1.12. The number of hydrogen-bond donors (Lipinski definition) is 0. The minimum absolute atomic E-state index is 0.778. The summed E-state index contributed by atoms with van der Waals surface area (Å²) in [7, 11) is 0.0171. The Bertz CT molecular complexity index is 98.1. The standard InChI is InChI=1S/C8H20O2Si/c1-5-7-8-11(4,9-3)10-6-2/h5-8H2,1-4H3. The molecule has 0 heterocycles. The van der Waals surface area contributed by atoms with E-state index in [0.717, 1.165) is 12.7 Å². The molecule has 2 nitrogen and oxygen atoms in total. The molecule has 0 bridgehead atoms. The van der Waals surface area contributed by atoms with Crippen molar-refractivity contribution in [1.82, 2.24) is 0 Å². The van der Waals surface area contributed by atoms with Crippen LogP contribution in [0.1, 0.15) is 26.7 Å². The van der Waals surface area contributed by atoms with Gasteiger partial charge in [-0.05, 0) is 19.5 Å². The molecule has 0 fully saturated rings. The molecule has 0 aliphatic rings. The van der Waals surface area contributed by atoms with Gasteiger partial charge in [0.15, 0.2) is 0 Å². The van der Waals surface area contributed by atoms with Gasteiger partial charge in [0.25, 0.3) is 0 Å². The summed E-state index contributed by atoms with van der Waals surface area (Å²) in [5.74, 6) is 0. The lowest BCUT2D eigenvalue weighted by molar-refractivity contribution is 0.214. The number of hydrogen-bond acceptors (Lipinski definition) is 2. The molecule has 0 aliphatic heterocycles. The molecule has 68 valence electrons. The van der Waals surface area contributed by atoms with Crippen LogP contribution in [0, 0.1) is 0 Å². The van der Waals surface area contributed by atoms with Crippen LogP contribution < -0.4 is 0 Å². The molecule has 0 amide bonds. The molecule has 11 heavy (non-hydrogen) atoms. The highest BCUT2D eigenvalue weighted by molar-refractivity contribution is 6.65. The first-order valence-electron chi connectivity index (χ1n) is 4.37. The van der Waals surface area contributed by atoms with Gasteiger partial charge in [0.05, 0.1) is 0 Å². The molecule has 0 N–H and O–H groups in total. The third-order valence-corrected chi connectivity index (χ3v) is 4.89. The van der Waals surface area contributed by atoms with Crippen molar-refractivity contribution in [2.75, 3.05) is 13.7 Å². The first-order valence-corrected chi connectivity index (χ1v) is 6.90. The Kier molecular flexibility index (Phi) is 5.82. The summed E-state index contributed by atoms with van der Waals surface area (Å²) >= 11 is 0. The summed E-state index contributed by atoms with van der Waals surface area (Å²) in [5, 5.41) is 0. The van der Waals surface area contributed by atoms with Crippen LogP contribution in [0.3, 0.4) is 0 Å². The average molecular weight is 176 g/mol. The lowest BCUT2D eigenvalue weighted by Gasteiger charge is -2.23. The highest BCUT2D eigenvalue weighted by Gasteiger charge is 2.28. The maximum absolute atomic E-state index is 5.60. The van der Waals surface area contributed by atoms with Crippen molar-refractivity contribution < 1.29 is 8.85 Å². The third kappa shape index (κ3) is 4.56. The number of rotatable bonds is 6. The second-order valence-electron chi connectivity index (χ2n) is 2.87. The Morgan fingerprint density at radius 1 is 1.27 bits per heavy atom. The monoisotopic (exact) mass is 176 g/mol. The van der Waals surface area contributed by atoms with E-state index in [0.29, 0.717) is 0 Å². The van der Waals surface area contributed by atoms with E-state index < -0.39 is 8.56 Å². The molecule has 0 spiro atoms. The van der Waals surface area contributed by atoms with Gasteiger partial charge >= 0.3 is 8.56 Å². The third-order valence-electron chi connectivity index (χ3n) is 1.87. The smallest absolute Gasteiger partial charge is 0.334 e. The van der Waals surface area contributed by atoms with Crippen LogP contribution in [0.25, 0.3) is 0 Å². The van der Waals surface area contributed by atoms with Crippen molar-refractivity contribution in [3.8, 4) is 0 Å². The van der Waals surface area contributed by atoms with E-state index in [1.165, 1.54) is 12.8 Å². The summed E-state index contributed by atoms with van der Waals surface area (Å²) < 4.78 is 11.0. The average Bonchev–Trinajstić information content (AvgIpc) is 2.02. The Labute approximate surface area is 71.1 Å². The summed E-state index contributed by atoms with van der Waals surface area (Å²) in [4.78, 5) is 0. The van der Waals surface area contributed by atoms with Gasteiger partial charge in [-0.25, -0.2) is 0 Å². The quantitative estimate of drug-likeness (QED) is 0.579. The van der Waals surface area contributed by atoms with E-state index in [4.69, 9.17) is 8.85 Å². The Balaban J connectivity index is 3.68. The Morgan fingerprint density at radius 2 is 1.91 bits per heavy atom. The molecular formula is C8H20O2Si. The highest BCUT2D eigenvalue weighted by Crippen LogP contribution is 2.15. The van der Waals surface area contributed by atoms with Gasteiger partial charge in [-0.2, -0.15) is 0 Å². The highest BCUT2D eigenvalue weighted by atomic mass is 28.4. The van der Waals surface area contributed by atoms with Crippen molar-refractivity contribution >= 4 is 8.56 Å². The second-order valence-corrected chi connectivity index (χ2v) is 6.34. The predicted molar refractivity (Wildman–Crippen MR) is 50.0 cm³/mol. The van der Waals surface area contributed by atoms with Gasteiger partial charge in [0, 0.05) is 13.7 Å². The van der Waals surface area contributed by atoms with E-state index in [2.05, 4.69) is 13.5 Å². The van der Waals surface area contributed by atoms with E-state index in [9.17, 15) is 0 Å². The zero-order valence-electron chi connectivity index (χ0n) is 8.14. The molecule has 0 aliphatic carbocycles. The van der Waals surface area contributed by atoms with Crippen molar-refractivity contribution in [3.63, 3.8) is 0 Å². The largest absolute Gasteiger partial charge is 0.398 e. The van der Waals surface area contributed by atoms with Crippen LogP contribution in [0.4, 0.5) is 0 Å². The fourth-order valence-electron chi connectivity index (χ4n) is 1.04. The van der Waals surface area contributed by atoms with Gasteiger partial charge in [-0.3, -0.25) is 0 Å². The fraction of sp³-hybridized carbons (Fsp3) is 1.00. The van der Waals surface area contributed by atoms with Crippen LogP contribution in [0.15, 0.2) is 0 Å². The molecule has 3 heteroatoms. The minimum atomic E-state index is -1.74. The molecule has 1 atom stereocenters. The van der Waals surface area contributed by atoms with Gasteiger partial charge in [-0.1, -0.05) is 19.8 Å². The van der Waals surface area contributed by atoms with Crippen LogP contribution in [-0.2, 0) is 8.85 Å². The van der Waals surface area contributed by atoms with Crippen molar-refractivity contribution in [3.05, 3.63) is 0 Å². The van der Waals surface area contributed by atoms with Gasteiger partial charge in [-0.15, -0.1) is 0 Å². The van der Waals surface area contributed by atoms with Crippen LogP contribution >= 0.6 is 0 Å². The molecule has 0 aromatic rings. The number of unbranched alkanes of at least 4 members (excludes halogenated alkanes) is 1. The molecule has 0 aromatic heterocycles. The van der Waals surface area contributed by atoms with Crippen molar-refractivity contribution in [2.24, 2.45) is 0 Å². The van der Waals surface area contributed by atoms with E-state index in [1.54, 1.807) is 7.11 Å². The molecule has 1 unspecified atom stereocenters. The predicted octanol–water partition coefficient (Wildman–Crippen LogP) is 2.54. The first-order chi connectivity index (χ1) is 5.18. The van der Waals surface area contributed by atoms with E-state index in [-0.39, 0.29) is 0 Å². The molecule has 0 aromatic carbocycles. The van der Waals surface area contributed by atoms with Crippen LogP contribution in [-0.4, -0.2) is 22.3 Å². The molecule has 0 saturated carbocycles. The van der Waals surface area contributed by atoms with Crippen molar-refractivity contribution in [1.29, 1.82) is 0 Å². The lowest BCUT2D eigenvalue weighted by atomic mass is 10.4. The normalized spacial score (nSPS) is 16.4. The summed E-state index contributed by atoms with van der Waals surface area (Å²) in [6.07, 6.45) is 2.44. The molecule has 0 rings (SSSR count). The maximum Gasteiger partial charge on any atom is 0.334 e. The fourth-order valence-corrected chi connectivity index (χ4v) is 3.11. The minimum Gasteiger partial charge on any atom is -0.398 e. The van der Waals surface area contributed by atoms with E-state index >= 15 is 0 Å². The molecule has 0 radical (unpaired) electrons. The zero-order chi connectivity index (χ0) is 8.74. The molecule has 0 saturated heterocycles. The second kappa shape index (κ2) is 5.74. The van der Waals surface area contributed by atoms with E-state index in [1.807, 2.05) is 6.92 Å². The van der Waals surface area contributed by atoms with Crippen LogP contribution in [0.5, 0.6) is 0 Å². The first kappa shape index (κ1) is 11.1. The van der Waals surface area contributed by atoms with Gasteiger partial charge in [0.1, 0.15) is 0 Å². The zero-order valence-corrected chi connectivity index (χ0v) is 9.14. The van der Waals surface area contributed by atoms with Crippen molar-refractivity contribution in [2.45, 2.75) is 39.3 Å². The Morgan fingerprint density at radius 3 is 2.27 bits per heavy atom.